The normalized spacial score (nSPS) is 12.9. The van der Waals surface area contributed by atoms with Crippen LogP contribution in [0, 0.1) is 6.92 Å². The van der Waals surface area contributed by atoms with Gasteiger partial charge in [0.05, 0.1) is 11.2 Å². The van der Waals surface area contributed by atoms with Gasteiger partial charge in [-0.05, 0) is 34.5 Å². The molecule has 0 spiro atoms. The van der Waals surface area contributed by atoms with Crippen molar-refractivity contribution < 1.29 is 9.47 Å². The van der Waals surface area contributed by atoms with Gasteiger partial charge in [-0.1, -0.05) is 30.3 Å². The Morgan fingerprint density at radius 1 is 1.05 bits per heavy atom. The van der Waals surface area contributed by atoms with E-state index in [0.29, 0.717) is 0 Å². The van der Waals surface area contributed by atoms with Crippen molar-refractivity contribution >= 4 is 26.8 Å². The van der Waals surface area contributed by atoms with Crippen LogP contribution in [0.1, 0.15) is 5.56 Å². The molecule has 4 rings (SSSR count). The van der Waals surface area contributed by atoms with Crippen LogP contribution in [-0.4, -0.2) is 11.8 Å². The van der Waals surface area contributed by atoms with Crippen molar-refractivity contribution in [1.82, 2.24) is 4.98 Å². The quantitative estimate of drug-likeness (QED) is 0.642. The van der Waals surface area contributed by atoms with Gasteiger partial charge in [0.25, 0.3) is 0 Å². The highest BCUT2D eigenvalue weighted by atomic mass is 79.9. The monoisotopic (exact) mass is 341 g/mol. The smallest absolute Gasteiger partial charge is 0.231 e. The maximum absolute atomic E-state index is 5.45. The highest BCUT2D eigenvalue weighted by molar-refractivity contribution is 9.10. The first kappa shape index (κ1) is 12.7. The number of fused-ring (bicyclic) bond motifs is 2. The maximum Gasteiger partial charge on any atom is 0.231 e. The molecule has 0 saturated carbocycles. The first-order valence-corrected chi connectivity index (χ1v) is 7.48. The highest BCUT2D eigenvalue weighted by Crippen LogP contribution is 2.40. The zero-order valence-corrected chi connectivity index (χ0v) is 13.0. The molecule has 0 bridgehead atoms. The van der Waals surface area contributed by atoms with Gasteiger partial charge < -0.3 is 9.47 Å². The lowest BCUT2D eigenvalue weighted by Gasteiger charge is -2.11. The number of aryl methyl sites for hydroxylation is 1. The van der Waals surface area contributed by atoms with E-state index in [9.17, 15) is 0 Å². The molecule has 4 heteroatoms. The van der Waals surface area contributed by atoms with Crippen molar-refractivity contribution in [3.05, 3.63) is 52.5 Å². The second kappa shape index (κ2) is 4.74. The van der Waals surface area contributed by atoms with E-state index in [-0.39, 0.29) is 6.79 Å². The third-order valence-corrected chi connectivity index (χ3v) is 4.68. The summed E-state index contributed by atoms with van der Waals surface area (Å²) in [6, 6.07) is 14.1. The zero-order chi connectivity index (χ0) is 14.4. The van der Waals surface area contributed by atoms with Gasteiger partial charge in [0, 0.05) is 21.5 Å². The van der Waals surface area contributed by atoms with Crippen molar-refractivity contribution in [3.63, 3.8) is 0 Å². The Morgan fingerprint density at radius 2 is 1.76 bits per heavy atom. The van der Waals surface area contributed by atoms with Gasteiger partial charge in [-0.25, -0.2) is 4.98 Å². The van der Waals surface area contributed by atoms with Gasteiger partial charge in [0.1, 0.15) is 0 Å². The summed E-state index contributed by atoms with van der Waals surface area (Å²) in [5.41, 5.74) is 4.10. The number of hydrogen-bond donors (Lipinski definition) is 0. The third-order valence-electron chi connectivity index (χ3n) is 3.71. The summed E-state index contributed by atoms with van der Waals surface area (Å²) in [5.74, 6) is 1.54. The van der Waals surface area contributed by atoms with Gasteiger partial charge in [0.2, 0.25) is 6.79 Å². The SMILES string of the molecule is Cc1c(Br)c(-c2ccccc2)nc2cc3c(cc12)OCO3. The molecule has 0 radical (unpaired) electrons. The molecule has 0 fully saturated rings. The van der Waals surface area contributed by atoms with Crippen LogP contribution in [0.15, 0.2) is 46.9 Å². The fourth-order valence-electron chi connectivity index (χ4n) is 2.58. The molecule has 0 amide bonds. The van der Waals surface area contributed by atoms with Crippen molar-refractivity contribution in [2.24, 2.45) is 0 Å². The van der Waals surface area contributed by atoms with Crippen molar-refractivity contribution in [2.75, 3.05) is 6.79 Å². The summed E-state index contributed by atoms with van der Waals surface area (Å²) in [4.78, 5) is 4.80. The van der Waals surface area contributed by atoms with Gasteiger partial charge in [-0.2, -0.15) is 0 Å². The van der Waals surface area contributed by atoms with Gasteiger partial charge in [-0.15, -0.1) is 0 Å². The molecule has 2 heterocycles. The number of benzene rings is 2. The minimum Gasteiger partial charge on any atom is -0.454 e. The first-order valence-electron chi connectivity index (χ1n) is 6.69. The predicted octanol–water partition coefficient (Wildman–Crippen LogP) is 4.70. The largest absolute Gasteiger partial charge is 0.454 e. The molecule has 3 nitrogen and oxygen atoms in total. The van der Waals surface area contributed by atoms with E-state index in [4.69, 9.17) is 14.5 Å². The van der Waals surface area contributed by atoms with E-state index in [1.54, 1.807) is 0 Å². The Kier molecular flexibility index (Phi) is 2.86. The molecule has 0 unspecified atom stereocenters. The summed E-state index contributed by atoms with van der Waals surface area (Å²) in [6.07, 6.45) is 0. The van der Waals surface area contributed by atoms with Crippen LogP contribution >= 0.6 is 15.9 Å². The number of halogens is 1. The number of hydrogen-bond acceptors (Lipinski definition) is 3. The van der Waals surface area contributed by atoms with E-state index in [0.717, 1.165) is 43.7 Å². The second-order valence-corrected chi connectivity index (χ2v) is 5.78. The van der Waals surface area contributed by atoms with Crippen LogP contribution in [-0.2, 0) is 0 Å². The summed E-state index contributed by atoms with van der Waals surface area (Å²) in [7, 11) is 0. The molecular weight excluding hydrogens is 330 g/mol. The molecule has 0 saturated heterocycles. The van der Waals surface area contributed by atoms with Crippen LogP contribution in [0.25, 0.3) is 22.2 Å². The van der Waals surface area contributed by atoms with E-state index in [1.165, 1.54) is 0 Å². The number of aromatic nitrogens is 1. The fourth-order valence-corrected chi connectivity index (χ4v) is 3.11. The Bertz CT molecular complexity index is 847. The summed E-state index contributed by atoms with van der Waals surface area (Å²) >= 11 is 3.68. The third kappa shape index (κ3) is 1.98. The minimum absolute atomic E-state index is 0.275. The zero-order valence-electron chi connectivity index (χ0n) is 11.4. The summed E-state index contributed by atoms with van der Waals surface area (Å²) < 4.78 is 11.9. The van der Waals surface area contributed by atoms with Crippen LogP contribution in [0.4, 0.5) is 0 Å². The molecule has 0 atom stereocenters. The molecule has 1 aromatic heterocycles. The highest BCUT2D eigenvalue weighted by Gasteiger charge is 2.18. The molecule has 1 aliphatic rings. The number of nitrogens with zero attached hydrogens (tertiary/aromatic N) is 1. The lowest BCUT2D eigenvalue weighted by atomic mass is 10.0. The maximum atomic E-state index is 5.45. The number of ether oxygens (including phenoxy) is 2. The Morgan fingerprint density at radius 3 is 2.52 bits per heavy atom. The van der Waals surface area contributed by atoms with Crippen molar-refractivity contribution in [3.8, 4) is 22.8 Å². The average Bonchev–Trinajstić information content (AvgIpc) is 2.97. The molecule has 2 aromatic carbocycles. The molecule has 104 valence electrons. The van der Waals surface area contributed by atoms with E-state index >= 15 is 0 Å². The van der Waals surface area contributed by atoms with Crippen molar-refractivity contribution in [2.45, 2.75) is 6.92 Å². The van der Waals surface area contributed by atoms with E-state index < -0.39 is 0 Å². The van der Waals surface area contributed by atoms with Crippen LogP contribution in [0.2, 0.25) is 0 Å². The van der Waals surface area contributed by atoms with Crippen LogP contribution in [0.3, 0.4) is 0 Å². The first-order chi connectivity index (χ1) is 10.2. The van der Waals surface area contributed by atoms with Gasteiger partial charge in [-0.3, -0.25) is 0 Å². The number of rotatable bonds is 1. The lowest BCUT2D eigenvalue weighted by molar-refractivity contribution is 0.174. The average molecular weight is 342 g/mol. The van der Waals surface area contributed by atoms with Crippen molar-refractivity contribution in [1.29, 1.82) is 0 Å². The van der Waals surface area contributed by atoms with E-state index in [2.05, 4.69) is 35.0 Å². The van der Waals surface area contributed by atoms with Gasteiger partial charge in [0.15, 0.2) is 11.5 Å². The summed E-state index contributed by atoms with van der Waals surface area (Å²) in [5, 5.41) is 1.07. The Hall–Kier alpha value is -2.07. The van der Waals surface area contributed by atoms with Crippen LogP contribution in [0.5, 0.6) is 11.5 Å². The van der Waals surface area contributed by atoms with Gasteiger partial charge >= 0.3 is 0 Å². The molecule has 1 aliphatic heterocycles. The van der Waals surface area contributed by atoms with E-state index in [1.807, 2.05) is 30.3 Å². The lowest BCUT2D eigenvalue weighted by Crippen LogP contribution is -1.92. The van der Waals surface area contributed by atoms with Crippen LogP contribution < -0.4 is 9.47 Å². The summed E-state index contributed by atoms with van der Waals surface area (Å²) in [6.45, 7) is 2.36. The molecule has 0 aliphatic carbocycles. The number of pyridine rings is 1. The Balaban J connectivity index is 2.02. The Labute approximate surface area is 130 Å². The molecular formula is C17H12BrNO2. The molecule has 21 heavy (non-hydrogen) atoms. The molecule has 0 N–H and O–H groups in total. The predicted molar refractivity (Wildman–Crippen MR) is 85.7 cm³/mol. The topological polar surface area (TPSA) is 31.4 Å². The standard InChI is InChI=1S/C17H12BrNO2/c1-10-12-7-14-15(21-9-20-14)8-13(12)19-17(16(10)18)11-5-3-2-4-6-11/h2-8H,9H2,1H3. The molecule has 3 aromatic rings. The second-order valence-electron chi connectivity index (χ2n) is 4.99. The minimum atomic E-state index is 0.275. The fraction of sp³-hybridized carbons (Fsp3) is 0.118.